The van der Waals surface area contributed by atoms with Crippen molar-refractivity contribution in [2.24, 2.45) is 0 Å². The van der Waals surface area contributed by atoms with Crippen LogP contribution >= 0.6 is 0 Å². The number of nitrogens with zero attached hydrogens (tertiary/aromatic N) is 3. The first-order valence-corrected chi connectivity index (χ1v) is 8.21. The van der Waals surface area contributed by atoms with Crippen molar-refractivity contribution in [1.29, 1.82) is 10.5 Å². The number of rotatable bonds is 3. The Hall–Kier alpha value is -3.30. The van der Waals surface area contributed by atoms with E-state index in [9.17, 15) is 0 Å². The maximum absolute atomic E-state index is 8.98. The summed E-state index contributed by atoms with van der Waals surface area (Å²) in [7, 11) is 0. The van der Waals surface area contributed by atoms with Crippen LogP contribution in [-0.4, -0.2) is 4.57 Å². The SMILES string of the molecule is Cc1c(-c2ccc(C#N)cc2)c(C)n(Cc2ccc(C#N)cc2)c1C. The predicted octanol–water partition coefficient (Wildman–Crippen LogP) is 4.87. The number of hydrogen-bond acceptors (Lipinski definition) is 2. The van der Waals surface area contributed by atoms with E-state index in [-0.39, 0.29) is 0 Å². The van der Waals surface area contributed by atoms with E-state index in [1.54, 1.807) is 0 Å². The van der Waals surface area contributed by atoms with Crippen molar-refractivity contribution in [3.63, 3.8) is 0 Å². The van der Waals surface area contributed by atoms with Gasteiger partial charge < -0.3 is 4.57 Å². The summed E-state index contributed by atoms with van der Waals surface area (Å²) >= 11 is 0. The molecule has 0 aliphatic carbocycles. The number of benzene rings is 2. The van der Waals surface area contributed by atoms with Crippen molar-refractivity contribution in [3.05, 3.63) is 82.2 Å². The van der Waals surface area contributed by atoms with E-state index >= 15 is 0 Å². The van der Waals surface area contributed by atoms with Crippen molar-refractivity contribution in [2.45, 2.75) is 27.3 Å². The third kappa shape index (κ3) is 3.05. The smallest absolute Gasteiger partial charge is 0.0991 e. The molecular formula is C22H19N3. The number of hydrogen-bond donors (Lipinski definition) is 0. The maximum Gasteiger partial charge on any atom is 0.0991 e. The Morgan fingerprint density at radius 1 is 0.760 bits per heavy atom. The zero-order chi connectivity index (χ0) is 18.0. The minimum Gasteiger partial charge on any atom is -0.344 e. The summed E-state index contributed by atoms with van der Waals surface area (Å²) in [4.78, 5) is 0. The molecule has 3 nitrogen and oxygen atoms in total. The van der Waals surface area contributed by atoms with Gasteiger partial charge in [-0.1, -0.05) is 24.3 Å². The largest absolute Gasteiger partial charge is 0.344 e. The molecule has 0 fully saturated rings. The molecule has 1 aromatic heterocycles. The van der Waals surface area contributed by atoms with Crippen LogP contribution < -0.4 is 0 Å². The zero-order valence-electron chi connectivity index (χ0n) is 14.7. The molecule has 0 saturated carbocycles. The van der Waals surface area contributed by atoms with Gasteiger partial charge in [-0.2, -0.15) is 10.5 Å². The Bertz CT molecular complexity index is 992. The average molecular weight is 325 g/mol. The van der Waals surface area contributed by atoms with E-state index in [0.717, 1.165) is 12.1 Å². The molecule has 0 aliphatic heterocycles. The lowest BCUT2D eigenvalue weighted by Crippen LogP contribution is -2.04. The van der Waals surface area contributed by atoms with Crippen molar-refractivity contribution < 1.29 is 0 Å². The molecule has 1 heterocycles. The van der Waals surface area contributed by atoms with Gasteiger partial charge >= 0.3 is 0 Å². The third-order valence-electron chi connectivity index (χ3n) is 4.82. The van der Waals surface area contributed by atoms with E-state index < -0.39 is 0 Å². The second-order valence-corrected chi connectivity index (χ2v) is 6.25. The fraction of sp³-hybridized carbons (Fsp3) is 0.182. The summed E-state index contributed by atoms with van der Waals surface area (Å²) < 4.78 is 2.31. The van der Waals surface area contributed by atoms with Crippen LogP contribution in [0.3, 0.4) is 0 Å². The highest BCUT2D eigenvalue weighted by Gasteiger charge is 2.16. The molecular weight excluding hydrogens is 306 g/mol. The molecule has 0 N–H and O–H groups in total. The minimum atomic E-state index is 0.674. The van der Waals surface area contributed by atoms with Gasteiger partial charge in [0.15, 0.2) is 0 Å². The van der Waals surface area contributed by atoms with Crippen molar-refractivity contribution in [1.82, 2.24) is 4.57 Å². The molecule has 2 aromatic carbocycles. The topological polar surface area (TPSA) is 52.5 Å². The lowest BCUT2D eigenvalue weighted by Gasteiger charge is -2.10. The monoisotopic (exact) mass is 325 g/mol. The Morgan fingerprint density at radius 3 is 1.80 bits per heavy atom. The quantitative estimate of drug-likeness (QED) is 0.689. The van der Waals surface area contributed by atoms with Crippen LogP contribution in [0.15, 0.2) is 48.5 Å². The van der Waals surface area contributed by atoms with Crippen LogP contribution in [-0.2, 0) is 6.54 Å². The van der Waals surface area contributed by atoms with E-state index in [2.05, 4.69) is 37.5 Å². The first-order valence-electron chi connectivity index (χ1n) is 8.21. The van der Waals surface area contributed by atoms with Crippen LogP contribution in [0.2, 0.25) is 0 Å². The lowest BCUT2D eigenvalue weighted by atomic mass is 10.0. The van der Waals surface area contributed by atoms with Gasteiger partial charge in [0, 0.05) is 23.5 Å². The van der Waals surface area contributed by atoms with Crippen molar-refractivity contribution in [2.75, 3.05) is 0 Å². The summed E-state index contributed by atoms with van der Waals surface area (Å²) in [5.41, 5.74) is 8.60. The molecule has 0 aliphatic rings. The summed E-state index contributed by atoms with van der Waals surface area (Å²) in [6, 6.07) is 19.8. The molecule has 0 unspecified atom stereocenters. The van der Waals surface area contributed by atoms with Crippen LogP contribution in [0.1, 0.15) is 33.6 Å². The van der Waals surface area contributed by atoms with Gasteiger partial charge in [0.25, 0.3) is 0 Å². The second kappa shape index (κ2) is 6.67. The Morgan fingerprint density at radius 2 is 1.28 bits per heavy atom. The molecule has 0 amide bonds. The van der Waals surface area contributed by atoms with Gasteiger partial charge in [-0.25, -0.2) is 0 Å². The van der Waals surface area contributed by atoms with Crippen molar-refractivity contribution >= 4 is 0 Å². The van der Waals surface area contributed by atoms with E-state index in [4.69, 9.17) is 10.5 Å². The highest BCUT2D eigenvalue weighted by molar-refractivity contribution is 5.72. The molecule has 0 radical (unpaired) electrons. The van der Waals surface area contributed by atoms with Crippen LogP contribution in [0, 0.1) is 43.4 Å². The number of aromatic nitrogens is 1. The molecule has 3 aromatic rings. The fourth-order valence-corrected chi connectivity index (χ4v) is 3.28. The molecule has 122 valence electrons. The Kier molecular flexibility index (Phi) is 4.42. The van der Waals surface area contributed by atoms with E-state index in [1.807, 2.05) is 48.5 Å². The maximum atomic E-state index is 8.98. The normalized spacial score (nSPS) is 10.3. The Balaban J connectivity index is 2.01. The van der Waals surface area contributed by atoms with E-state index in [1.165, 1.54) is 28.1 Å². The van der Waals surface area contributed by atoms with Crippen LogP contribution in [0.4, 0.5) is 0 Å². The zero-order valence-corrected chi connectivity index (χ0v) is 14.7. The standard InChI is InChI=1S/C22H19N3/c1-15-16(2)25(14-20-6-4-18(12-23)5-7-20)17(3)22(15)21-10-8-19(13-24)9-11-21/h4-11H,14H2,1-3H3. The van der Waals surface area contributed by atoms with Crippen LogP contribution in [0.5, 0.6) is 0 Å². The summed E-state index contributed by atoms with van der Waals surface area (Å²) in [5.74, 6) is 0. The van der Waals surface area contributed by atoms with Gasteiger partial charge in [-0.15, -0.1) is 0 Å². The molecule has 0 saturated heterocycles. The molecule has 25 heavy (non-hydrogen) atoms. The van der Waals surface area contributed by atoms with Gasteiger partial charge in [-0.05, 0) is 61.7 Å². The fourth-order valence-electron chi connectivity index (χ4n) is 3.28. The molecule has 3 heteroatoms. The third-order valence-corrected chi connectivity index (χ3v) is 4.82. The molecule has 3 rings (SSSR count). The van der Waals surface area contributed by atoms with Crippen LogP contribution in [0.25, 0.3) is 11.1 Å². The van der Waals surface area contributed by atoms with Gasteiger partial charge in [-0.3, -0.25) is 0 Å². The van der Waals surface area contributed by atoms with Gasteiger partial charge in [0.1, 0.15) is 0 Å². The van der Waals surface area contributed by atoms with Gasteiger partial charge in [0.2, 0.25) is 0 Å². The van der Waals surface area contributed by atoms with E-state index in [0.29, 0.717) is 11.1 Å². The molecule has 0 spiro atoms. The highest BCUT2D eigenvalue weighted by Crippen LogP contribution is 2.32. The lowest BCUT2D eigenvalue weighted by molar-refractivity contribution is 0.748. The minimum absolute atomic E-state index is 0.674. The number of nitriles is 2. The summed E-state index contributed by atoms with van der Waals surface area (Å²) in [6.07, 6.45) is 0. The molecule has 0 atom stereocenters. The van der Waals surface area contributed by atoms with Gasteiger partial charge in [0.05, 0.1) is 23.3 Å². The van der Waals surface area contributed by atoms with Crippen molar-refractivity contribution in [3.8, 4) is 23.3 Å². The predicted molar refractivity (Wildman–Crippen MR) is 99.1 cm³/mol. The Labute approximate surface area is 148 Å². The summed E-state index contributed by atoms with van der Waals surface area (Å²) in [5, 5.41) is 17.9. The summed E-state index contributed by atoms with van der Waals surface area (Å²) in [6.45, 7) is 7.20. The first-order chi connectivity index (χ1) is 12.0. The highest BCUT2D eigenvalue weighted by atomic mass is 15.0. The average Bonchev–Trinajstić information content (AvgIpc) is 2.86. The first kappa shape index (κ1) is 16.6. The molecule has 0 bridgehead atoms. The second-order valence-electron chi connectivity index (χ2n) is 6.25.